The van der Waals surface area contributed by atoms with Crippen molar-refractivity contribution in [1.29, 1.82) is 0 Å². The van der Waals surface area contributed by atoms with Gasteiger partial charge in [0.2, 0.25) is 10.0 Å². The number of nitrogens with one attached hydrogen (secondary N) is 2. The highest BCUT2D eigenvalue weighted by molar-refractivity contribution is 9.11. The Morgan fingerprint density at radius 1 is 1.43 bits per heavy atom. The summed E-state index contributed by atoms with van der Waals surface area (Å²) in [6, 6.07) is 1.74. The lowest BCUT2D eigenvalue weighted by Gasteiger charge is -2.26. The summed E-state index contributed by atoms with van der Waals surface area (Å²) in [6.07, 6.45) is 6.64. The predicted octanol–water partition coefficient (Wildman–Crippen LogP) is 3.18. The van der Waals surface area contributed by atoms with E-state index in [4.69, 9.17) is 0 Å². The molecule has 2 rings (SSSR count). The molecule has 1 aromatic heterocycles. The van der Waals surface area contributed by atoms with Gasteiger partial charge >= 0.3 is 0 Å². The van der Waals surface area contributed by atoms with Gasteiger partial charge in [0.1, 0.15) is 4.90 Å². The van der Waals surface area contributed by atoms with E-state index in [-0.39, 0.29) is 4.75 Å². The third kappa shape index (κ3) is 4.23. The first-order chi connectivity index (χ1) is 9.92. The van der Waals surface area contributed by atoms with E-state index in [1.807, 2.05) is 7.05 Å². The molecule has 4 nitrogen and oxygen atoms in total. The lowest BCUT2D eigenvalue weighted by Crippen LogP contribution is -2.38. The van der Waals surface area contributed by atoms with Crippen LogP contribution < -0.4 is 10.0 Å². The van der Waals surface area contributed by atoms with E-state index in [1.54, 1.807) is 17.8 Å². The average Bonchev–Trinajstić information content (AvgIpc) is 3.05. The predicted molar refractivity (Wildman–Crippen MR) is 94.7 cm³/mol. The second-order valence-corrected chi connectivity index (χ2v) is 10.8. The van der Waals surface area contributed by atoms with E-state index in [1.165, 1.54) is 24.2 Å². The molecule has 0 saturated heterocycles. The third-order valence-corrected chi connectivity index (χ3v) is 8.95. The number of hydrogen-bond acceptors (Lipinski definition) is 5. The topological polar surface area (TPSA) is 58.2 Å². The molecule has 0 amide bonds. The minimum absolute atomic E-state index is 0.0728. The van der Waals surface area contributed by atoms with Crippen molar-refractivity contribution in [2.24, 2.45) is 0 Å². The summed E-state index contributed by atoms with van der Waals surface area (Å²) >= 11 is 6.62. The molecule has 1 heterocycles. The smallest absolute Gasteiger partial charge is 0.242 e. The van der Waals surface area contributed by atoms with E-state index in [0.29, 0.717) is 21.8 Å². The van der Waals surface area contributed by atoms with Crippen molar-refractivity contribution < 1.29 is 8.42 Å². The first-order valence-electron chi connectivity index (χ1n) is 6.90. The van der Waals surface area contributed by atoms with Crippen LogP contribution in [0.25, 0.3) is 0 Å². The largest absolute Gasteiger partial charge is 0.315 e. The zero-order valence-corrected chi connectivity index (χ0v) is 16.3. The molecule has 0 unspecified atom stereocenters. The van der Waals surface area contributed by atoms with E-state index in [2.05, 4.69) is 32.2 Å². The summed E-state index contributed by atoms with van der Waals surface area (Å²) in [4.78, 5) is 1.36. The number of rotatable bonds is 7. The zero-order chi connectivity index (χ0) is 15.5. The molecule has 0 aromatic carbocycles. The van der Waals surface area contributed by atoms with Gasteiger partial charge in [0.25, 0.3) is 0 Å². The number of halogens is 1. The van der Waals surface area contributed by atoms with Crippen LogP contribution in [0.4, 0.5) is 0 Å². The van der Waals surface area contributed by atoms with Gasteiger partial charge in [-0.3, -0.25) is 0 Å². The summed E-state index contributed by atoms with van der Waals surface area (Å²) < 4.78 is 28.6. The Hall–Kier alpha value is 0.400. The summed E-state index contributed by atoms with van der Waals surface area (Å²) in [6.45, 7) is 1.19. The van der Waals surface area contributed by atoms with Crippen molar-refractivity contribution in [2.45, 2.75) is 41.9 Å². The van der Waals surface area contributed by atoms with E-state index >= 15 is 0 Å². The molecule has 2 N–H and O–H groups in total. The Kier molecular flexibility index (Phi) is 6.18. The van der Waals surface area contributed by atoms with Gasteiger partial charge in [-0.25, -0.2) is 13.1 Å². The molecule has 1 aliphatic rings. The lowest BCUT2D eigenvalue weighted by molar-refractivity contribution is 0.551. The monoisotopic (exact) mass is 412 g/mol. The number of sulfonamides is 1. The van der Waals surface area contributed by atoms with Crippen molar-refractivity contribution in [2.75, 3.05) is 19.8 Å². The lowest BCUT2D eigenvalue weighted by atomic mass is 10.1. The van der Waals surface area contributed by atoms with Gasteiger partial charge in [-0.1, -0.05) is 12.8 Å². The maximum Gasteiger partial charge on any atom is 0.242 e. The Balaban J connectivity index is 2.11. The maximum absolute atomic E-state index is 12.5. The fourth-order valence-electron chi connectivity index (χ4n) is 2.62. The highest BCUT2D eigenvalue weighted by Gasteiger charge is 2.34. The number of thioether (sulfide) groups is 1. The molecular formula is C13H21BrN2O2S3. The average molecular weight is 413 g/mol. The fraction of sp³-hybridized carbons (Fsp3) is 0.692. The van der Waals surface area contributed by atoms with Crippen LogP contribution >= 0.6 is 39.0 Å². The molecule has 21 heavy (non-hydrogen) atoms. The highest BCUT2D eigenvalue weighted by atomic mass is 79.9. The standard InChI is InChI=1S/C13H21BrN2O2S3/c1-15-8-10-7-11(12(14)20-10)21(17,18)16-9-13(19-2)5-3-4-6-13/h7,15-16H,3-6,8-9H2,1-2H3. The molecule has 0 bridgehead atoms. The third-order valence-electron chi connectivity index (χ3n) is 3.88. The molecule has 0 atom stereocenters. The number of thiophene rings is 1. The van der Waals surface area contributed by atoms with Gasteiger partial charge in [0.05, 0.1) is 3.79 Å². The number of hydrogen-bond donors (Lipinski definition) is 2. The molecule has 0 spiro atoms. The van der Waals surface area contributed by atoms with Crippen LogP contribution in [0.1, 0.15) is 30.6 Å². The van der Waals surface area contributed by atoms with Crippen molar-refractivity contribution in [3.63, 3.8) is 0 Å². The van der Waals surface area contributed by atoms with Gasteiger partial charge in [-0.15, -0.1) is 11.3 Å². The van der Waals surface area contributed by atoms with Crippen molar-refractivity contribution in [3.8, 4) is 0 Å². The molecular weight excluding hydrogens is 392 g/mol. The van der Waals surface area contributed by atoms with Crippen LogP contribution in [0, 0.1) is 0 Å². The van der Waals surface area contributed by atoms with Crippen molar-refractivity contribution >= 4 is 49.1 Å². The molecule has 120 valence electrons. The van der Waals surface area contributed by atoms with Gasteiger partial charge in [-0.2, -0.15) is 11.8 Å². The van der Waals surface area contributed by atoms with Crippen LogP contribution in [0.5, 0.6) is 0 Å². The second kappa shape index (κ2) is 7.31. The summed E-state index contributed by atoms with van der Waals surface area (Å²) in [7, 11) is -1.60. The highest BCUT2D eigenvalue weighted by Crippen LogP contribution is 2.40. The maximum atomic E-state index is 12.5. The van der Waals surface area contributed by atoms with Gasteiger partial charge < -0.3 is 5.32 Å². The van der Waals surface area contributed by atoms with Crippen LogP contribution in [0.3, 0.4) is 0 Å². The fourth-order valence-corrected chi connectivity index (χ4v) is 7.44. The van der Waals surface area contributed by atoms with Gasteiger partial charge in [0.15, 0.2) is 0 Å². The zero-order valence-electron chi connectivity index (χ0n) is 12.2. The normalized spacial score (nSPS) is 18.2. The molecule has 8 heteroatoms. The van der Waals surface area contributed by atoms with Crippen molar-refractivity contribution in [3.05, 3.63) is 14.7 Å². The van der Waals surface area contributed by atoms with Crippen LogP contribution in [-0.2, 0) is 16.6 Å². The second-order valence-electron chi connectivity index (χ2n) is 5.30. The van der Waals surface area contributed by atoms with E-state index in [0.717, 1.165) is 17.7 Å². The molecule has 1 fully saturated rings. The molecule has 1 saturated carbocycles. The van der Waals surface area contributed by atoms with E-state index < -0.39 is 10.0 Å². The van der Waals surface area contributed by atoms with Crippen LogP contribution in [-0.4, -0.2) is 33.0 Å². The van der Waals surface area contributed by atoms with Crippen molar-refractivity contribution in [1.82, 2.24) is 10.0 Å². The van der Waals surface area contributed by atoms with Crippen LogP contribution in [0.15, 0.2) is 14.7 Å². The van der Waals surface area contributed by atoms with Gasteiger partial charge in [-0.05, 0) is 48.1 Å². The minimum Gasteiger partial charge on any atom is -0.315 e. The molecule has 0 radical (unpaired) electrons. The van der Waals surface area contributed by atoms with E-state index in [9.17, 15) is 8.42 Å². The van der Waals surface area contributed by atoms with Gasteiger partial charge in [0, 0.05) is 22.7 Å². The Bertz CT molecular complexity index is 580. The molecule has 0 aliphatic heterocycles. The Labute approximate surface area is 143 Å². The Morgan fingerprint density at radius 2 is 2.10 bits per heavy atom. The molecule has 1 aromatic rings. The first kappa shape index (κ1) is 17.7. The molecule has 1 aliphatic carbocycles. The van der Waals surface area contributed by atoms with Crippen LogP contribution in [0.2, 0.25) is 0 Å². The summed E-state index contributed by atoms with van der Waals surface area (Å²) in [5, 5.41) is 3.04. The summed E-state index contributed by atoms with van der Waals surface area (Å²) in [5.74, 6) is 0. The SMILES string of the molecule is CNCc1cc(S(=O)(=O)NCC2(SC)CCCC2)c(Br)s1. The Morgan fingerprint density at radius 3 is 2.67 bits per heavy atom. The minimum atomic E-state index is -3.45. The quantitative estimate of drug-likeness (QED) is 0.721. The first-order valence-corrected chi connectivity index (χ1v) is 11.2. The summed E-state index contributed by atoms with van der Waals surface area (Å²) in [5.41, 5.74) is 0.